The molecule has 0 bridgehead atoms. The highest BCUT2D eigenvalue weighted by Gasteiger charge is 1.99. The van der Waals surface area contributed by atoms with Crippen molar-refractivity contribution in [1.29, 1.82) is 0 Å². The first-order valence-corrected chi connectivity index (χ1v) is 6.25. The molecular formula is C14H21NO5. The van der Waals surface area contributed by atoms with Gasteiger partial charge in [0.25, 0.3) is 5.97 Å². The Morgan fingerprint density at radius 2 is 1.70 bits per heavy atom. The molecule has 1 fully saturated rings. The third-order valence-corrected chi connectivity index (χ3v) is 2.09. The molecule has 1 saturated heterocycles. The summed E-state index contributed by atoms with van der Waals surface area (Å²) in [6.07, 6.45) is 0. The predicted molar refractivity (Wildman–Crippen MR) is 74.9 cm³/mol. The standard InChI is InChI=1S/C8H8O2.C4H9NO.C2H4O2/c9-6-8(10)7-4-2-1-3-5-7;1-3-6-4-2-5-1;1-2(3)4/h1-5,9H,6H2;5H,1-4H2;1H3,(H,3,4). The Labute approximate surface area is 118 Å². The fraction of sp³-hybridized carbons (Fsp3) is 0.429. The van der Waals surface area contributed by atoms with Crippen molar-refractivity contribution < 1.29 is 24.5 Å². The number of aliphatic hydroxyl groups is 1. The van der Waals surface area contributed by atoms with E-state index in [2.05, 4.69) is 5.32 Å². The molecule has 1 aliphatic heterocycles. The Morgan fingerprint density at radius 1 is 1.20 bits per heavy atom. The quantitative estimate of drug-likeness (QED) is 0.686. The van der Waals surface area contributed by atoms with Crippen molar-refractivity contribution >= 4 is 11.8 Å². The molecule has 1 aliphatic rings. The highest BCUT2D eigenvalue weighted by molar-refractivity contribution is 5.96. The van der Waals surface area contributed by atoms with Gasteiger partial charge in [0, 0.05) is 25.6 Å². The number of ether oxygens (including phenoxy) is 1. The van der Waals surface area contributed by atoms with Crippen LogP contribution < -0.4 is 5.32 Å². The van der Waals surface area contributed by atoms with Gasteiger partial charge in [0.15, 0.2) is 5.78 Å². The fourth-order valence-corrected chi connectivity index (χ4v) is 1.23. The first-order valence-electron chi connectivity index (χ1n) is 6.25. The predicted octanol–water partition coefficient (Wildman–Crippen LogP) is 0.559. The second-order valence-corrected chi connectivity index (χ2v) is 3.83. The van der Waals surface area contributed by atoms with Gasteiger partial charge in [-0.2, -0.15) is 0 Å². The molecule has 1 aromatic rings. The second-order valence-electron chi connectivity index (χ2n) is 3.83. The molecule has 1 heterocycles. The zero-order chi connectivity index (χ0) is 15.2. The topological polar surface area (TPSA) is 95.9 Å². The number of carbonyl (C=O) groups excluding carboxylic acids is 1. The number of carboxylic acids is 1. The van der Waals surface area contributed by atoms with E-state index in [1.54, 1.807) is 24.3 Å². The maximum absolute atomic E-state index is 10.8. The van der Waals surface area contributed by atoms with Crippen LogP contribution in [-0.4, -0.2) is 54.9 Å². The van der Waals surface area contributed by atoms with Crippen LogP contribution in [0.3, 0.4) is 0 Å². The summed E-state index contributed by atoms with van der Waals surface area (Å²) in [6.45, 7) is 4.50. The van der Waals surface area contributed by atoms with E-state index in [1.165, 1.54) is 0 Å². The Morgan fingerprint density at radius 3 is 2.00 bits per heavy atom. The summed E-state index contributed by atoms with van der Waals surface area (Å²) in [5.74, 6) is -1.07. The van der Waals surface area contributed by atoms with Gasteiger partial charge in [0.1, 0.15) is 6.61 Å². The third kappa shape index (κ3) is 11.3. The zero-order valence-corrected chi connectivity index (χ0v) is 11.5. The maximum atomic E-state index is 10.8. The van der Waals surface area contributed by atoms with Crippen LogP contribution >= 0.6 is 0 Å². The summed E-state index contributed by atoms with van der Waals surface area (Å²) >= 11 is 0. The van der Waals surface area contributed by atoms with Crippen LogP contribution in [0.25, 0.3) is 0 Å². The molecule has 2 rings (SSSR count). The van der Waals surface area contributed by atoms with Crippen molar-refractivity contribution in [2.24, 2.45) is 0 Å². The second kappa shape index (κ2) is 12.3. The van der Waals surface area contributed by atoms with Crippen molar-refractivity contribution in [1.82, 2.24) is 5.32 Å². The monoisotopic (exact) mass is 283 g/mol. The number of hydrogen-bond acceptors (Lipinski definition) is 5. The lowest BCUT2D eigenvalue weighted by atomic mass is 10.1. The molecule has 0 radical (unpaired) electrons. The lowest BCUT2D eigenvalue weighted by molar-refractivity contribution is -0.134. The Balaban J connectivity index is 0.000000307. The number of aliphatic hydroxyl groups excluding tert-OH is 1. The molecule has 6 nitrogen and oxygen atoms in total. The van der Waals surface area contributed by atoms with Crippen molar-refractivity contribution in [2.45, 2.75) is 6.92 Å². The number of ketones is 1. The number of aliphatic carboxylic acids is 1. The van der Waals surface area contributed by atoms with Crippen molar-refractivity contribution in [3.05, 3.63) is 35.9 Å². The highest BCUT2D eigenvalue weighted by atomic mass is 16.5. The van der Waals surface area contributed by atoms with Gasteiger partial charge in [-0.25, -0.2) is 0 Å². The van der Waals surface area contributed by atoms with Crippen molar-refractivity contribution in [3.8, 4) is 0 Å². The van der Waals surface area contributed by atoms with Gasteiger partial charge in [0.2, 0.25) is 0 Å². The van der Waals surface area contributed by atoms with E-state index in [0.29, 0.717) is 5.56 Å². The largest absolute Gasteiger partial charge is 0.481 e. The number of carboxylic acid groups (broad SMARTS) is 1. The van der Waals surface area contributed by atoms with Gasteiger partial charge in [-0.1, -0.05) is 30.3 Å². The lowest BCUT2D eigenvalue weighted by Crippen LogP contribution is -2.30. The normalized spacial score (nSPS) is 13.1. The average Bonchev–Trinajstić information content (AvgIpc) is 2.49. The van der Waals surface area contributed by atoms with E-state index < -0.39 is 12.6 Å². The number of Topliss-reactive ketones (excluding diaryl/α,β-unsaturated/α-hetero) is 1. The number of morpholine rings is 1. The Bertz CT molecular complexity index is 361. The maximum Gasteiger partial charge on any atom is 0.300 e. The Hall–Kier alpha value is -1.76. The van der Waals surface area contributed by atoms with E-state index in [9.17, 15) is 4.79 Å². The van der Waals surface area contributed by atoms with Crippen LogP contribution in [0.1, 0.15) is 17.3 Å². The van der Waals surface area contributed by atoms with Crippen LogP contribution in [-0.2, 0) is 9.53 Å². The van der Waals surface area contributed by atoms with E-state index in [-0.39, 0.29) is 5.78 Å². The fourth-order valence-electron chi connectivity index (χ4n) is 1.23. The van der Waals surface area contributed by atoms with Crippen LogP contribution in [0.5, 0.6) is 0 Å². The number of nitrogens with one attached hydrogen (secondary N) is 1. The third-order valence-electron chi connectivity index (χ3n) is 2.09. The van der Waals surface area contributed by atoms with Crippen LogP contribution in [0.4, 0.5) is 0 Å². The summed E-state index contributed by atoms with van der Waals surface area (Å²) in [5.41, 5.74) is 0.560. The number of rotatable bonds is 2. The minimum Gasteiger partial charge on any atom is -0.481 e. The Kier molecular flexibility index (Phi) is 11.2. The first-order chi connectivity index (χ1) is 9.57. The SMILES string of the molecule is C1COCCN1.CC(=O)O.O=C(CO)c1ccccc1. The van der Waals surface area contributed by atoms with Gasteiger partial charge in [-0.15, -0.1) is 0 Å². The van der Waals surface area contributed by atoms with E-state index in [4.69, 9.17) is 19.7 Å². The molecule has 0 atom stereocenters. The number of carbonyl (C=O) groups is 2. The smallest absolute Gasteiger partial charge is 0.300 e. The minimum atomic E-state index is -0.833. The molecule has 6 heteroatoms. The summed E-state index contributed by atoms with van der Waals surface area (Å²) in [4.78, 5) is 19.8. The van der Waals surface area contributed by atoms with Crippen LogP contribution in [0.15, 0.2) is 30.3 Å². The molecule has 1 aromatic carbocycles. The van der Waals surface area contributed by atoms with Gasteiger partial charge in [0.05, 0.1) is 13.2 Å². The molecule has 0 unspecified atom stereocenters. The lowest BCUT2D eigenvalue weighted by Gasteiger charge is -2.10. The van der Waals surface area contributed by atoms with E-state index in [0.717, 1.165) is 33.2 Å². The molecule has 0 aliphatic carbocycles. The van der Waals surface area contributed by atoms with Crippen LogP contribution in [0.2, 0.25) is 0 Å². The number of hydrogen-bond donors (Lipinski definition) is 3. The van der Waals surface area contributed by atoms with Crippen molar-refractivity contribution in [3.63, 3.8) is 0 Å². The molecule has 0 saturated carbocycles. The van der Waals surface area contributed by atoms with Gasteiger partial charge < -0.3 is 20.3 Å². The zero-order valence-electron chi connectivity index (χ0n) is 11.5. The molecule has 0 amide bonds. The number of benzene rings is 1. The molecule has 0 aromatic heterocycles. The minimum absolute atomic E-state index is 0.236. The molecular weight excluding hydrogens is 262 g/mol. The molecule has 20 heavy (non-hydrogen) atoms. The molecule has 3 N–H and O–H groups in total. The van der Waals surface area contributed by atoms with E-state index >= 15 is 0 Å². The van der Waals surface area contributed by atoms with Crippen molar-refractivity contribution in [2.75, 3.05) is 32.9 Å². The van der Waals surface area contributed by atoms with Crippen LogP contribution in [0, 0.1) is 0 Å². The summed E-state index contributed by atoms with van der Waals surface area (Å²) in [6, 6.07) is 8.72. The summed E-state index contributed by atoms with van der Waals surface area (Å²) < 4.78 is 5.01. The van der Waals surface area contributed by atoms with Gasteiger partial charge >= 0.3 is 0 Å². The molecule has 112 valence electrons. The average molecular weight is 283 g/mol. The van der Waals surface area contributed by atoms with Gasteiger partial charge in [-0.3, -0.25) is 9.59 Å². The summed E-state index contributed by atoms with van der Waals surface area (Å²) in [7, 11) is 0. The highest BCUT2D eigenvalue weighted by Crippen LogP contribution is 1.98. The molecule has 0 spiro atoms. The first kappa shape index (κ1) is 18.2. The van der Waals surface area contributed by atoms with Gasteiger partial charge in [-0.05, 0) is 0 Å². The van der Waals surface area contributed by atoms with E-state index in [1.807, 2.05) is 6.07 Å². The summed E-state index contributed by atoms with van der Waals surface area (Å²) in [5, 5.41) is 19.0.